The Hall–Kier alpha value is -1.32. The van der Waals surface area contributed by atoms with Gasteiger partial charge in [-0.2, -0.15) is 0 Å². The van der Waals surface area contributed by atoms with Crippen LogP contribution in [-0.2, 0) is 16.0 Å². The van der Waals surface area contributed by atoms with Gasteiger partial charge >= 0.3 is 5.97 Å². The monoisotopic (exact) mass is 476 g/mol. The highest BCUT2D eigenvalue weighted by Crippen LogP contribution is 2.22. The first-order valence-corrected chi connectivity index (χ1v) is 13.7. The lowest BCUT2D eigenvalue weighted by molar-refractivity contribution is -0.920. The number of hydrogen-bond acceptors (Lipinski definition) is 2. The molecular weight excluding hydrogens is 430 g/mol. The van der Waals surface area contributed by atoms with Crippen LogP contribution in [0.2, 0.25) is 0 Å². The summed E-state index contributed by atoms with van der Waals surface area (Å²) in [6.07, 6.45) is 16.6. The smallest absolute Gasteiger partial charge is 0.361 e. The molecule has 2 rings (SSSR count). The molecule has 0 bridgehead atoms. The number of esters is 1. The summed E-state index contributed by atoms with van der Waals surface area (Å²) in [5, 5.41) is 0.873. The zero-order valence-electron chi connectivity index (χ0n) is 21.5. The summed E-state index contributed by atoms with van der Waals surface area (Å²) in [5.41, 5.74) is 3.84. The minimum atomic E-state index is -0.0428. The fraction of sp³-hybridized carbons (Fsp3) is 0.690. The molecule has 1 heterocycles. The molecule has 4 heteroatoms. The van der Waals surface area contributed by atoms with E-state index in [1.807, 2.05) is 0 Å². The second-order valence-corrected chi connectivity index (χ2v) is 10.6. The molecule has 1 fully saturated rings. The number of quaternary nitrogens is 1. The summed E-state index contributed by atoms with van der Waals surface area (Å²) in [4.78, 5) is 12.6. The Morgan fingerprint density at radius 1 is 1.00 bits per heavy atom. The first-order valence-electron chi connectivity index (χ1n) is 13.4. The molecule has 0 N–H and O–H groups in total. The molecule has 0 radical (unpaired) electrons. The third kappa shape index (κ3) is 11.1. The first kappa shape index (κ1) is 27.9. The van der Waals surface area contributed by atoms with Crippen molar-refractivity contribution in [1.29, 1.82) is 0 Å². The standard InChI is InChI=1S/C29H47ClNO2/c1-4-5-6-7-8-9-10-14-21-33-29(32)24-31(18-12-11-13-19-31)20-17-28(30)23-27-16-15-25(2)22-26(27)3/h15-17,22H,4-14,18-21,23-24H2,1-3H3/q+1/b28-17-. The van der Waals surface area contributed by atoms with Gasteiger partial charge in [0, 0.05) is 11.5 Å². The first-order chi connectivity index (χ1) is 15.9. The SMILES string of the molecule is CCCCCCCCCCOC(=O)C[N+]1(C/C=C(\Cl)Cc2ccc(C)cc2C)CCCCC1. The lowest BCUT2D eigenvalue weighted by atomic mass is 10.0. The number of piperidine rings is 1. The van der Waals surface area contributed by atoms with E-state index >= 15 is 0 Å². The molecule has 0 aromatic heterocycles. The van der Waals surface area contributed by atoms with Crippen molar-refractivity contribution < 1.29 is 14.0 Å². The van der Waals surface area contributed by atoms with Crippen molar-refractivity contribution >= 4 is 17.6 Å². The Labute approximate surface area is 208 Å². The van der Waals surface area contributed by atoms with E-state index in [0.29, 0.717) is 13.2 Å². The molecule has 33 heavy (non-hydrogen) atoms. The zero-order chi connectivity index (χ0) is 23.9. The van der Waals surface area contributed by atoms with Gasteiger partial charge < -0.3 is 9.22 Å². The van der Waals surface area contributed by atoms with E-state index in [9.17, 15) is 4.79 Å². The van der Waals surface area contributed by atoms with Crippen LogP contribution in [0.15, 0.2) is 29.3 Å². The third-order valence-electron chi connectivity index (χ3n) is 7.05. The van der Waals surface area contributed by atoms with E-state index in [1.165, 1.54) is 74.5 Å². The zero-order valence-corrected chi connectivity index (χ0v) is 22.2. The van der Waals surface area contributed by atoms with Gasteiger partial charge in [-0.1, -0.05) is 87.2 Å². The van der Waals surface area contributed by atoms with E-state index in [2.05, 4.69) is 45.0 Å². The van der Waals surface area contributed by atoms with E-state index < -0.39 is 0 Å². The van der Waals surface area contributed by atoms with Crippen molar-refractivity contribution in [3.63, 3.8) is 0 Å². The highest BCUT2D eigenvalue weighted by atomic mass is 35.5. The van der Waals surface area contributed by atoms with E-state index in [-0.39, 0.29) is 5.97 Å². The topological polar surface area (TPSA) is 26.3 Å². The van der Waals surface area contributed by atoms with E-state index in [0.717, 1.165) is 48.4 Å². The second-order valence-electron chi connectivity index (χ2n) is 10.1. The lowest BCUT2D eigenvalue weighted by Crippen LogP contribution is -2.54. The van der Waals surface area contributed by atoms with Crippen molar-refractivity contribution in [1.82, 2.24) is 0 Å². The Morgan fingerprint density at radius 3 is 2.33 bits per heavy atom. The maximum atomic E-state index is 12.6. The van der Waals surface area contributed by atoms with Crippen LogP contribution < -0.4 is 0 Å². The molecule has 186 valence electrons. The fourth-order valence-electron chi connectivity index (χ4n) is 4.92. The van der Waals surface area contributed by atoms with Gasteiger partial charge in [-0.05, 0) is 56.7 Å². The predicted octanol–water partition coefficient (Wildman–Crippen LogP) is 7.65. The number of hydrogen-bond donors (Lipinski definition) is 0. The minimum Gasteiger partial charge on any atom is -0.462 e. The van der Waals surface area contributed by atoms with Gasteiger partial charge in [0.2, 0.25) is 0 Å². The van der Waals surface area contributed by atoms with E-state index in [1.54, 1.807) is 0 Å². The van der Waals surface area contributed by atoms with Crippen LogP contribution in [0.1, 0.15) is 94.2 Å². The molecule has 1 saturated heterocycles. The van der Waals surface area contributed by atoms with Crippen LogP contribution >= 0.6 is 11.6 Å². The highest BCUT2D eigenvalue weighted by Gasteiger charge is 2.32. The number of unbranched alkanes of at least 4 members (excludes halogenated alkanes) is 7. The Bertz CT molecular complexity index is 737. The normalized spacial score (nSPS) is 16.1. The van der Waals surface area contributed by atoms with Gasteiger partial charge in [0.25, 0.3) is 0 Å². The molecule has 0 unspecified atom stereocenters. The number of carbonyl (C=O) groups is 1. The van der Waals surface area contributed by atoms with Crippen LogP contribution in [0.4, 0.5) is 0 Å². The molecule has 1 aromatic rings. The van der Waals surface area contributed by atoms with Crippen molar-refractivity contribution in [3.05, 3.63) is 46.0 Å². The number of likely N-dealkylation sites (tertiary alicyclic amines) is 1. The van der Waals surface area contributed by atoms with E-state index in [4.69, 9.17) is 16.3 Å². The molecule has 0 saturated carbocycles. The van der Waals surface area contributed by atoms with Crippen LogP contribution in [0, 0.1) is 13.8 Å². The van der Waals surface area contributed by atoms with Crippen molar-refractivity contribution in [3.8, 4) is 0 Å². The molecule has 0 atom stereocenters. The molecule has 0 aliphatic carbocycles. The molecule has 1 aliphatic heterocycles. The molecule has 0 spiro atoms. The number of aryl methyl sites for hydroxylation is 2. The summed E-state index contributed by atoms with van der Waals surface area (Å²) in [7, 11) is 0. The number of allylic oxidation sites excluding steroid dienone is 1. The van der Waals surface area contributed by atoms with Crippen molar-refractivity contribution in [2.24, 2.45) is 0 Å². The summed E-state index contributed by atoms with van der Waals surface area (Å²) in [6.45, 7) is 10.4. The minimum absolute atomic E-state index is 0.0428. The van der Waals surface area contributed by atoms with Crippen LogP contribution in [-0.4, -0.2) is 43.2 Å². The number of rotatable bonds is 15. The number of benzene rings is 1. The van der Waals surface area contributed by atoms with Crippen LogP contribution in [0.3, 0.4) is 0 Å². The third-order valence-corrected chi connectivity index (χ3v) is 7.34. The largest absolute Gasteiger partial charge is 0.462 e. The predicted molar refractivity (Wildman–Crippen MR) is 141 cm³/mol. The molecule has 1 aliphatic rings. The quantitative estimate of drug-likeness (QED) is 0.147. The number of carbonyl (C=O) groups excluding carboxylic acids is 1. The Morgan fingerprint density at radius 2 is 1.67 bits per heavy atom. The van der Waals surface area contributed by atoms with Gasteiger partial charge in [0.15, 0.2) is 6.54 Å². The maximum Gasteiger partial charge on any atom is 0.361 e. The fourth-order valence-corrected chi connectivity index (χ4v) is 5.13. The summed E-state index contributed by atoms with van der Waals surface area (Å²) in [5.74, 6) is -0.0428. The van der Waals surface area contributed by atoms with Crippen LogP contribution in [0.25, 0.3) is 0 Å². The van der Waals surface area contributed by atoms with Gasteiger partial charge in [0.05, 0.1) is 26.2 Å². The summed E-state index contributed by atoms with van der Waals surface area (Å²) >= 11 is 6.65. The summed E-state index contributed by atoms with van der Waals surface area (Å²) < 4.78 is 6.43. The van der Waals surface area contributed by atoms with Gasteiger partial charge in [-0.25, -0.2) is 4.79 Å². The average molecular weight is 477 g/mol. The van der Waals surface area contributed by atoms with Crippen molar-refractivity contribution in [2.75, 3.05) is 32.8 Å². The second kappa shape index (κ2) is 15.6. The lowest BCUT2D eigenvalue weighted by Gasteiger charge is -2.40. The number of ether oxygens (including phenoxy) is 1. The maximum absolute atomic E-state index is 12.6. The Balaban J connectivity index is 1.77. The molecule has 0 amide bonds. The van der Waals surface area contributed by atoms with Crippen molar-refractivity contribution in [2.45, 2.75) is 97.8 Å². The summed E-state index contributed by atoms with van der Waals surface area (Å²) in [6, 6.07) is 6.53. The number of halogens is 1. The van der Waals surface area contributed by atoms with Gasteiger partial charge in [0.1, 0.15) is 0 Å². The molecular formula is C29H47ClNO2+. The molecule has 1 aromatic carbocycles. The average Bonchev–Trinajstić information content (AvgIpc) is 2.79. The van der Waals surface area contributed by atoms with Crippen LogP contribution in [0.5, 0.6) is 0 Å². The number of nitrogens with zero attached hydrogens (tertiary/aromatic N) is 1. The molecule has 3 nitrogen and oxygen atoms in total. The highest BCUT2D eigenvalue weighted by molar-refractivity contribution is 6.29. The van der Waals surface area contributed by atoms with Gasteiger partial charge in [-0.15, -0.1) is 0 Å². The Kier molecular flexibility index (Phi) is 13.2. The van der Waals surface area contributed by atoms with Gasteiger partial charge in [-0.3, -0.25) is 0 Å².